The first-order valence-corrected chi connectivity index (χ1v) is 3.56. The Labute approximate surface area is 72.6 Å². The van der Waals surface area contributed by atoms with Gasteiger partial charge in [-0.1, -0.05) is 0 Å². The van der Waals surface area contributed by atoms with E-state index in [-0.39, 0.29) is 17.9 Å². The van der Waals surface area contributed by atoms with E-state index in [9.17, 15) is 13.6 Å². The van der Waals surface area contributed by atoms with Gasteiger partial charge >= 0.3 is 0 Å². The summed E-state index contributed by atoms with van der Waals surface area (Å²) < 4.78 is 24.6. The normalized spacial score (nSPS) is 10.8. The van der Waals surface area contributed by atoms with Crippen LogP contribution >= 0.6 is 0 Å². The van der Waals surface area contributed by atoms with Gasteiger partial charge in [0.25, 0.3) is 6.43 Å². The van der Waals surface area contributed by atoms with Gasteiger partial charge in [-0.05, 0) is 0 Å². The van der Waals surface area contributed by atoms with Gasteiger partial charge < -0.3 is 16.5 Å². The first-order chi connectivity index (χ1) is 6.06. The Morgan fingerprint density at radius 3 is 2.62 bits per heavy atom. The number of hydrogen-bond donors (Lipinski definition) is 3. The summed E-state index contributed by atoms with van der Waals surface area (Å²) in [5.74, 6) is -0.0923. The predicted molar refractivity (Wildman–Crippen MR) is 44.3 cm³/mol. The Balaban J connectivity index is 3.38. The van der Waals surface area contributed by atoms with Gasteiger partial charge in [0.2, 0.25) is 5.56 Å². The maximum absolute atomic E-state index is 12.3. The molecule has 0 aliphatic rings. The fourth-order valence-electron chi connectivity index (χ4n) is 1.05. The van der Waals surface area contributed by atoms with Crippen LogP contribution in [0.25, 0.3) is 0 Å². The maximum Gasteiger partial charge on any atom is 0.264 e. The summed E-state index contributed by atoms with van der Waals surface area (Å²) in [4.78, 5) is 13.0. The van der Waals surface area contributed by atoms with Crippen LogP contribution in [0.2, 0.25) is 0 Å². The highest BCUT2D eigenvalue weighted by molar-refractivity contribution is 5.44. The molecule has 0 atom stereocenters. The summed E-state index contributed by atoms with van der Waals surface area (Å²) in [5, 5.41) is 0. The second-order valence-electron chi connectivity index (χ2n) is 2.49. The van der Waals surface area contributed by atoms with Crippen molar-refractivity contribution in [3.63, 3.8) is 0 Å². The van der Waals surface area contributed by atoms with E-state index in [0.29, 0.717) is 0 Å². The molecule has 0 amide bonds. The van der Waals surface area contributed by atoms with E-state index >= 15 is 0 Å². The van der Waals surface area contributed by atoms with Crippen LogP contribution in [0.5, 0.6) is 0 Å². The molecule has 1 aromatic heterocycles. The van der Waals surface area contributed by atoms with E-state index < -0.39 is 17.5 Å². The second kappa shape index (κ2) is 3.53. The summed E-state index contributed by atoms with van der Waals surface area (Å²) in [6.45, 7) is -0.123. The van der Waals surface area contributed by atoms with Crippen LogP contribution in [0.4, 0.5) is 14.6 Å². The molecule has 0 bridgehead atoms. The third-order valence-corrected chi connectivity index (χ3v) is 1.66. The van der Waals surface area contributed by atoms with Crippen molar-refractivity contribution in [2.24, 2.45) is 5.73 Å². The number of hydrogen-bond acceptors (Lipinski definition) is 3. The smallest absolute Gasteiger partial charge is 0.264 e. The number of halogens is 2. The SMILES string of the molecule is NCc1c(C(F)F)cc(=O)[nH]c1N. The van der Waals surface area contributed by atoms with Crippen molar-refractivity contribution in [3.8, 4) is 0 Å². The molecule has 0 unspecified atom stereocenters. The van der Waals surface area contributed by atoms with Gasteiger partial charge in [-0.15, -0.1) is 0 Å². The van der Waals surface area contributed by atoms with Crippen molar-refractivity contribution in [1.82, 2.24) is 4.98 Å². The van der Waals surface area contributed by atoms with Gasteiger partial charge in [-0.25, -0.2) is 8.78 Å². The van der Waals surface area contributed by atoms with Crippen LogP contribution in [0, 0.1) is 0 Å². The molecule has 0 radical (unpaired) electrons. The van der Waals surface area contributed by atoms with E-state index in [4.69, 9.17) is 11.5 Å². The first-order valence-electron chi connectivity index (χ1n) is 3.56. The van der Waals surface area contributed by atoms with E-state index in [1.54, 1.807) is 0 Å². The average molecular weight is 189 g/mol. The lowest BCUT2D eigenvalue weighted by atomic mass is 10.1. The number of alkyl halides is 2. The van der Waals surface area contributed by atoms with Gasteiger partial charge in [0.05, 0.1) is 0 Å². The van der Waals surface area contributed by atoms with Crippen LogP contribution < -0.4 is 17.0 Å². The molecule has 4 nitrogen and oxygen atoms in total. The van der Waals surface area contributed by atoms with Gasteiger partial charge in [-0.3, -0.25) is 4.79 Å². The highest BCUT2D eigenvalue weighted by Gasteiger charge is 2.15. The molecule has 1 heterocycles. The van der Waals surface area contributed by atoms with Crippen molar-refractivity contribution in [3.05, 3.63) is 27.5 Å². The highest BCUT2D eigenvalue weighted by Crippen LogP contribution is 2.23. The van der Waals surface area contributed by atoms with Crippen LogP contribution in [0.3, 0.4) is 0 Å². The lowest BCUT2D eigenvalue weighted by Gasteiger charge is -2.08. The number of aromatic amines is 1. The first kappa shape index (κ1) is 9.66. The molecule has 1 aromatic rings. The Hall–Kier alpha value is -1.43. The van der Waals surface area contributed by atoms with Gasteiger partial charge in [0.1, 0.15) is 5.82 Å². The summed E-state index contributed by atoms with van der Waals surface area (Å²) in [5.41, 5.74) is 9.55. The molecule has 0 aliphatic heterocycles. The molecule has 0 spiro atoms. The van der Waals surface area contributed by atoms with E-state index in [1.165, 1.54) is 0 Å². The van der Waals surface area contributed by atoms with Crippen LogP contribution in [-0.4, -0.2) is 4.98 Å². The van der Waals surface area contributed by atoms with Crippen LogP contribution in [0.15, 0.2) is 10.9 Å². The van der Waals surface area contributed by atoms with Gasteiger partial charge in [0.15, 0.2) is 0 Å². The fraction of sp³-hybridized carbons (Fsp3) is 0.286. The zero-order valence-corrected chi connectivity index (χ0v) is 6.68. The van der Waals surface area contributed by atoms with E-state index in [0.717, 1.165) is 6.07 Å². The molecule has 72 valence electrons. The highest BCUT2D eigenvalue weighted by atomic mass is 19.3. The molecule has 13 heavy (non-hydrogen) atoms. The minimum atomic E-state index is -2.73. The van der Waals surface area contributed by atoms with Crippen molar-refractivity contribution in [2.45, 2.75) is 13.0 Å². The Kier molecular flexibility index (Phi) is 2.62. The summed E-state index contributed by atoms with van der Waals surface area (Å²) in [6.07, 6.45) is -2.73. The number of nitrogen functional groups attached to an aromatic ring is 1. The standard InChI is InChI=1S/C7H9F2N3O/c8-6(9)3-1-5(13)12-7(11)4(3)2-10/h1,6H,2,10H2,(H3,11,12,13). The average Bonchev–Trinajstić information content (AvgIpc) is 2.02. The minimum Gasteiger partial charge on any atom is -0.385 e. The van der Waals surface area contributed by atoms with Crippen molar-refractivity contribution in [1.29, 1.82) is 0 Å². The molecule has 0 aromatic carbocycles. The summed E-state index contributed by atoms with van der Waals surface area (Å²) in [6, 6.07) is 0.809. The quantitative estimate of drug-likeness (QED) is 0.627. The van der Waals surface area contributed by atoms with Crippen LogP contribution in [-0.2, 0) is 6.54 Å². The molecular weight excluding hydrogens is 180 g/mol. The number of aromatic nitrogens is 1. The van der Waals surface area contributed by atoms with Crippen molar-refractivity contribution < 1.29 is 8.78 Å². The largest absolute Gasteiger partial charge is 0.385 e. The monoisotopic (exact) mass is 189 g/mol. The Morgan fingerprint density at radius 1 is 1.54 bits per heavy atom. The molecule has 0 fully saturated rings. The number of pyridine rings is 1. The van der Waals surface area contributed by atoms with Crippen molar-refractivity contribution >= 4 is 5.82 Å². The molecule has 1 rings (SSSR count). The number of H-pyrrole nitrogens is 1. The molecule has 0 saturated carbocycles. The van der Waals surface area contributed by atoms with Crippen molar-refractivity contribution in [2.75, 3.05) is 5.73 Å². The zero-order valence-electron chi connectivity index (χ0n) is 6.68. The molecular formula is C7H9F2N3O. The number of rotatable bonds is 2. The van der Waals surface area contributed by atoms with E-state index in [2.05, 4.69) is 4.98 Å². The lowest BCUT2D eigenvalue weighted by molar-refractivity contribution is 0.150. The summed E-state index contributed by atoms with van der Waals surface area (Å²) >= 11 is 0. The summed E-state index contributed by atoms with van der Waals surface area (Å²) in [7, 11) is 0. The van der Waals surface area contributed by atoms with Crippen LogP contribution in [0.1, 0.15) is 17.6 Å². The van der Waals surface area contributed by atoms with Gasteiger partial charge in [-0.2, -0.15) is 0 Å². The third-order valence-electron chi connectivity index (χ3n) is 1.66. The third kappa shape index (κ3) is 1.83. The Morgan fingerprint density at radius 2 is 2.15 bits per heavy atom. The molecule has 0 saturated heterocycles. The maximum atomic E-state index is 12.3. The number of nitrogens with one attached hydrogen (secondary N) is 1. The predicted octanol–water partition coefficient (Wildman–Crippen LogP) is 0.353. The van der Waals surface area contributed by atoms with Gasteiger partial charge in [0, 0.05) is 23.7 Å². The lowest BCUT2D eigenvalue weighted by Crippen LogP contribution is -2.16. The van der Waals surface area contributed by atoms with E-state index in [1.807, 2.05) is 0 Å². The second-order valence-corrected chi connectivity index (χ2v) is 2.49. The molecule has 5 N–H and O–H groups in total. The minimum absolute atomic E-state index is 0.0922. The topological polar surface area (TPSA) is 84.9 Å². The zero-order chi connectivity index (χ0) is 10.0. The Bertz CT molecular complexity index is 361. The molecule has 6 heteroatoms. The number of anilines is 1. The molecule has 0 aliphatic carbocycles. The number of nitrogens with two attached hydrogens (primary N) is 2. The fourth-order valence-corrected chi connectivity index (χ4v) is 1.05.